The summed E-state index contributed by atoms with van der Waals surface area (Å²) < 4.78 is 2.50. The second-order valence-electron chi connectivity index (χ2n) is 4.06. The van der Waals surface area contributed by atoms with Crippen LogP contribution in [-0.2, 0) is 7.05 Å². The van der Waals surface area contributed by atoms with Crippen LogP contribution < -0.4 is 5.32 Å². The van der Waals surface area contributed by atoms with Crippen molar-refractivity contribution in [3.63, 3.8) is 0 Å². The van der Waals surface area contributed by atoms with Gasteiger partial charge in [0.15, 0.2) is 4.60 Å². The molecule has 0 aliphatic carbocycles. The first kappa shape index (κ1) is 13.5. The summed E-state index contributed by atoms with van der Waals surface area (Å²) in [4.78, 5) is 0. The Morgan fingerprint density at radius 1 is 1.44 bits per heavy atom. The van der Waals surface area contributed by atoms with Crippen LogP contribution in [-0.4, -0.2) is 22.0 Å². The maximum Gasteiger partial charge on any atom is 0.153 e. The molecule has 1 aromatic heterocycles. The minimum absolute atomic E-state index is 0.00178. The van der Waals surface area contributed by atoms with E-state index < -0.39 is 0 Å². The Labute approximate surface area is 119 Å². The third-order valence-electron chi connectivity index (χ3n) is 3.01. The van der Waals surface area contributed by atoms with Crippen LogP contribution in [0.4, 0.5) is 0 Å². The molecule has 1 aromatic carbocycles. The van der Waals surface area contributed by atoms with Gasteiger partial charge in [-0.2, -0.15) is 0 Å². The van der Waals surface area contributed by atoms with Gasteiger partial charge in [0.05, 0.1) is 11.7 Å². The molecule has 2 rings (SSSR count). The highest BCUT2D eigenvalue weighted by molar-refractivity contribution is 9.10. The summed E-state index contributed by atoms with van der Waals surface area (Å²) in [6.07, 6.45) is 0. The van der Waals surface area contributed by atoms with E-state index in [2.05, 4.69) is 37.6 Å². The van der Waals surface area contributed by atoms with E-state index in [9.17, 15) is 0 Å². The van der Waals surface area contributed by atoms with Crippen molar-refractivity contribution in [2.45, 2.75) is 13.0 Å². The van der Waals surface area contributed by atoms with Gasteiger partial charge < -0.3 is 5.32 Å². The van der Waals surface area contributed by atoms with Crippen LogP contribution >= 0.6 is 27.5 Å². The summed E-state index contributed by atoms with van der Waals surface area (Å²) in [7, 11) is 3.78. The number of hydrogen-bond donors (Lipinski definition) is 1. The topological polar surface area (TPSA) is 42.7 Å². The number of aryl methyl sites for hydroxylation is 1. The van der Waals surface area contributed by atoms with Crippen LogP contribution in [0.5, 0.6) is 0 Å². The molecule has 18 heavy (non-hydrogen) atoms. The number of benzene rings is 1. The molecule has 1 atom stereocenters. The van der Waals surface area contributed by atoms with Crippen molar-refractivity contribution >= 4 is 27.5 Å². The Morgan fingerprint density at radius 2 is 2.17 bits per heavy atom. The maximum absolute atomic E-state index is 6.18. The molecule has 96 valence electrons. The Kier molecular flexibility index (Phi) is 4.04. The number of rotatable bonds is 3. The highest BCUT2D eigenvalue weighted by atomic mass is 79.9. The lowest BCUT2D eigenvalue weighted by Crippen LogP contribution is -2.22. The van der Waals surface area contributed by atoms with Crippen molar-refractivity contribution in [1.82, 2.24) is 20.3 Å². The molecular weight excluding hydrogens is 316 g/mol. The van der Waals surface area contributed by atoms with Crippen molar-refractivity contribution in [2.24, 2.45) is 7.05 Å². The molecule has 0 radical (unpaired) electrons. The third-order valence-corrected chi connectivity index (χ3v) is 3.98. The van der Waals surface area contributed by atoms with Crippen LogP contribution in [0.1, 0.15) is 22.9 Å². The van der Waals surface area contributed by atoms with Crippen molar-refractivity contribution < 1.29 is 0 Å². The van der Waals surface area contributed by atoms with E-state index in [4.69, 9.17) is 11.6 Å². The Balaban J connectivity index is 2.56. The van der Waals surface area contributed by atoms with Crippen LogP contribution in [0.15, 0.2) is 22.8 Å². The summed E-state index contributed by atoms with van der Waals surface area (Å²) in [6.45, 7) is 2.01. The van der Waals surface area contributed by atoms with Gasteiger partial charge in [-0.1, -0.05) is 28.9 Å². The van der Waals surface area contributed by atoms with E-state index in [1.54, 1.807) is 4.68 Å². The minimum Gasteiger partial charge on any atom is -0.308 e. The first-order valence-corrected chi connectivity index (χ1v) is 6.70. The maximum atomic E-state index is 6.18. The van der Waals surface area contributed by atoms with Gasteiger partial charge in [-0.15, -0.1) is 5.10 Å². The number of halogens is 2. The molecule has 0 spiro atoms. The molecule has 1 N–H and O–H groups in total. The molecule has 1 heterocycles. The van der Waals surface area contributed by atoms with E-state index in [0.29, 0.717) is 0 Å². The zero-order valence-corrected chi connectivity index (χ0v) is 12.7. The first-order valence-electron chi connectivity index (χ1n) is 5.53. The summed E-state index contributed by atoms with van der Waals surface area (Å²) >= 11 is 9.61. The average molecular weight is 330 g/mol. The quantitative estimate of drug-likeness (QED) is 0.941. The molecule has 0 fully saturated rings. The predicted molar refractivity (Wildman–Crippen MR) is 75.8 cm³/mol. The SMILES string of the molecule is CNC(c1cccc(Cl)c1C)c1c(Br)nnn1C. The number of nitrogens with zero attached hydrogens (tertiary/aromatic N) is 3. The second-order valence-corrected chi connectivity index (χ2v) is 5.22. The first-order chi connectivity index (χ1) is 8.56. The fraction of sp³-hybridized carbons (Fsp3) is 0.333. The highest BCUT2D eigenvalue weighted by Crippen LogP contribution is 2.30. The third kappa shape index (κ3) is 2.30. The number of aromatic nitrogens is 3. The predicted octanol–water partition coefficient (Wildman–Crippen LogP) is 2.85. The average Bonchev–Trinajstić information content (AvgIpc) is 2.67. The van der Waals surface area contributed by atoms with Crippen LogP contribution in [0.2, 0.25) is 5.02 Å². The molecule has 0 amide bonds. The van der Waals surface area contributed by atoms with E-state index >= 15 is 0 Å². The standard InChI is InChI=1S/C12H14BrClN4/c1-7-8(5-4-6-9(7)14)10(15-2)11-12(13)16-17-18(11)3/h4-6,10,15H,1-3H3. The lowest BCUT2D eigenvalue weighted by Gasteiger charge is -2.19. The molecule has 2 aromatic rings. The minimum atomic E-state index is -0.00178. The smallest absolute Gasteiger partial charge is 0.153 e. The van der Waals surface area contributed by atoms with Crippen molar-refractivity contribution in [2.75, 3.05) is 7.05 Å². The summed E-state index contributed by atoms with van der Waals surface area (Å²) in [6, 6.07) is 5.90. The second kappa shape index (κ2) is 5.38. The number of nitrogens with one attached hydrogen (secondary N) is 1. The Morgan fingerprint density at radius 3 is 2.72 bits per heavy atom. The summed E-state index contributed by atoms with van der Waals surface area (Å²) in [5, 5.41) is 12.1. The summed E-state index contributed by atoms with van der Waals surface area (Å²) in [5.74, 6) is 0. The lowest BCUT2D eigenvalue weighted by atomic mass is 9.99. The molecule has 0 aliphatic rings. The van der Waals surface area contributed by atoms with Crippen molar-refractivity contribution in [3.8, 4) is 0 Å². The fourth-order valence-corrected chi connectivity index (χ4v) is 2.76. The van der Waals surface area contributed by atoms with Gasteiger partial charge in [0.1, 0.15) is 0 Å². The van der Waals surface area contributed by atoms with Gasteiger partial charge in [-0.05, 0) is 47.1 Å². The molecule has 4 nitrogen and oxygen atoms in total. The zero-order chi connectivity index (χ0) is 13.3. The van der Waals surface area contributed by atoms with Crippen LogP contribution in [0.3, 0.4) is 0 Å². The van der Waals surface area contributed by atoms with Crippen molar-refractivity contribution in [1.29, 1.82) is 0 Å². The molecule has 0 saturated carbocycles. The zero-order valence-electron chi connectivity index (χ0n) is 10.4. The van der Waals surface area contributed by atoms with Gasteiger partial charge >= 0.3 is 0 Å². The van der Waals surface area contributed by atoms with Crippen LogP contribution in [0.25, 0.3) is 0 Å². The Hall–Kier alpha value is -0.910. The Bertz CT molecular complexity index is 548. The fourth-order valence-electron chi connectivity index (χ4n) is 2.02. The van der Waals surface area contributed by atoms with E-state index in [1.807, 2.05) is 33.2 Å². The monoisotopic (exact) mass is 328 g/mol. The van der Waals surface area contributed by atoms with E-state index in [-0.39, 0.29) is 6.04 Å². The van der Waals surface area contributed by atoms with E-state index in [1.165, 1.54) is 0 Å². The van der Waals surface area contributed by atoms with Crippen molar-refractivity contribution in [3.05, 3.63) is 44.6 Å². The molecule has 0 aliphatic heterocycles. The molecular formula is C12H14BrClN4. The van der Waals surface area contributed by atoms with Gasteiger partial charge in [-0.25, -0.2) is 4.68 Å². The van der Waals surface area contributed by atoms with Crippen LogP contribution in [0, 0.1) is 6.92 Å². The number of hydrogen-bond acceptors (Lipinski definition) is 3. The highest BCUT2D eigenvalue weighted by Gasteiger charge is 2.22. The van der Waals surface area contributed by atoms with Gasteiger partial charge in [-0.3, -0.25) is 0 Å². The van der Waals surface area contributed by atoms with E-state index in [0.717, 1.165) is 26.4 Å². The largest absolute Gasteiger partial charge is 0.308 e. The molecule has 0 bridgehead atoms. The molecule has 0 saturated heterocycles. The van der Waals surface area contributed by atoms with Gasteiger partial charge in [0.2, 0.25) is 0 Å². The lowest BCUT2D eigenvalue weighted by molar-refractivity contribution is 0.595. The molecule has 1 unspecified atom stereocenters. The van der Waals surface area contributed by atoms with Gasteiger partial charge in [0, 0.05) is 12.1 Å². The molecule has 6 heteroatoms. The normalized spacial score (nSPS) is 12.7. The van der Waals surface area contributed by atoms with Gasteiger partial charge in [0.25, 0.3) is 0 Å². The summed E-state index contributed by atoms with van der Waals surface area (Å²) in [5.41, 5.74) is 3.16.